The predicted octanol–water partition coefficient (Wildman–Crippen LogP) is 3.22. The van der Waals surface area contributed by atoms with Gasteiger partial charge in [-0.15, -0.1) is 0 Å². The van der Waals surface area contributed by atoms with E-state index in [9.17, 15) is 4.79 Å². The third kappa shape index (κ3) is 3.75. The second kappa shape index (κ2) is 6.85. The minimum Gasteiger partial charge on any atom is -0.374 e. The van der Waals surface area contributed by atoms with Crippen LogP contribution in [0.5, 0.6) is 0 Å². The van der Waals surface area contributed by atoms with E-state index in [1.807, 2.05) is 0 Å². The van der Waals surface area contributed by atoms with E-state index in [0.717, 1.165) is 25.7 Å². The van der Waals surface area contributed by atoms with Crippen LogP contribution in [0.25, 0.3) is 0 Å². The average Bonchev–Trinajstić information content (AvgIpc) is 2.64. The van der Waals surface area contributed by atoms with Gasteiger partial charge in [0, 0.05) is 6.42 Å². The van der Waals surface area contributed by atoms with Crippen molar-refractivity contribution in [2.24, 2.45) is 17.8 Å². The van der Waals surface area contributed by atoms with E-state index < -0.39 is 0 Å². The van der Waals surface area contributed by atoms with Gasteiger partial charge in [-0.25, -0.2) is 0 Å². The van der Waals surface area contributed by atoms with Crippen LogP contribution in [0.2, 0.25) is 0 Å². The summed E-state index contributed by atoms with van der Waals surface area (Å²) in [6, 6.07) is 0. The summed E-state index contributed by atoms with van der Waals surface area (Å²) in [5.41, 5.74) is 0. The van der Waals surface area contributed by atoms with E-state index in [0.29, 0.717) is 24.2 Å². The van der Waals surface area contributed by atoms with Gasteiger partial charge >= 0.3 is 0 Å². The van der Waals surface area contributed by atoms with E-state index in [4.69, 9.17) is 4.74 Å². The molecule has 4 atom stereocenters. The van der Waals surface area contributed by atoms with Crippen LogP contribution in [-0.2, 0) is 9.53 Å². The van der Waals surface area contributed by atoms with Gasteiger partial charge in [-0.3, -0.25) is 0 Å². The maximum atomic E-state index is 10.4. The molecule has 0 aromatic rings. The minimum atomic E-state index is 0.226. The van der Waals surface area contributed by atoms with Gasteiger partial charge in [-0.05, 0) is 24.2 Å². The lowest BCUT2D eigenvalue weighted by Gasteiger charge is -2.17. The first-order valence-electron chi connectivity index (χ1n) is 6.42. The van der Waals surface area contributed by atoms with Crippen LogP contribution >= 0.6 is 0 Å². The third-order valence-electron chi connectivity index (χ3n) is 3.60. The lowest BCUT2D eigenvalue weighted by atomic mass is 9.87. The molecule has 1 rings (SSSR count). The summed E-state index contributed by atoms with van der Waals surface area (Å²) in [5.74, 6) is 1.71. The zero-order valence-corrected chi connectivity index (χ0v) is 10.7. The number of allylic oxidation sites excluding steroid dienone is 1. The monoisotopic (exact) mass is 224 g/mol. The molecule has 2 nitrogen and oxygen atoms in total. The molecule has 1 aliphatic rings. The molecule has 1 fully saturated rings. The number of aldehydes is 1. The summed E-state index contributed by atoms with van der Waals surface area (Å²) in [7, 11) is 0. The first-order valence-corrected chi connectivity index (χ1v) is 6.42. The lowest BCUT2D eigenvalue weighted by Crippen LogP contribution is -2.17. The Morgan fingerprint density at radius 3 is 2.88 bits per heavy atom. The van der Waals surface area contributed by atoms with Gasteiger partial charge < -0.3 is 9.53 Å². The van der Waals surface area contributed by atoms with Crippen molar-refractivity contribution in [2.75, 3.05) is 6.61 Å². The molecule has 16 heavy (non-hydrogen) atoms. The molecule has 0 radical (unpaired) electrons. The highest BCUT2D eigenvalue weighted by Gasteiger charge is 2.32. The molecule has 0 N–H and O–H groups in total. The van der Waals surface area contributed by atoms with Crippen LogP contribution in [0.4, 0.5) is 0 Å². The maximum Gasteiger partial charge on any atom is 0.120 e. The van der Waals surface area contributed by atoms with E-state index in [1.165, 1.54) is 0 Å². The Morgan fingerprint density at radius 2 is 2.25 bits per heavy atom. The molecule has 1 heterocycles. The van der Waals surface area contributed by atoms with Gasteiger partial charge in [0.05, 0.1) is 12.7 Å². The molecule has 0 aromatic heterocycles. The summed E-state index contributed by atoms with van der Waals surface area (Å²) in [5, 5.41) is 0. The molecule has 1 saturated heterocycles. The molecule has 0 unspecified atom stereocenters. The van der Waals surface area contributed by atoms with Crippen molar-refractivity contribution in [3.63, 3.8) is 0 Å². The van der Waals surface area contributed by atoms with E-state index in [2.05, 4.69) is 32.9 Å². The van der Waals surface area contributed by atoms with Crippen LogP contribution in [-0.4, -0.2) is 19.0 Å². The molecule has 92 valence electrons. The molecule has 2 heteroatoms. The zero-order valence-electron chi connectivity index (χ0n) is 10.7. The largest absolute Gasteiger partial charge is 0.374 e. The van der Waals surface area contributed by atoms with E-state index in [-0.39, 0.29) is 6.10 Å². The summed E-state index contributed by atoms with van der Waals surface area (Å²) >= 11 is 0. The van der Waals surface area contributed by atoms with Gasteiger partial charge in [-0.2, -0.15) is 0 Å². The Labute approximate surface area is 99.1 Å². The summed E-state index contributed by atoms with van der Waals surface area (Å²) in [6.07, 6.45) is 8.47. The molecule has 1 aliphatic heterocycles. The molecular weight excluding hydrogens is 200 g/mol. The molecule has 0 bridgehead atoms. The molecule has 0 aromatic carbocycles. The van der Waals surface area contributed by atoms with Gasteiger partial charge in [0.15, 0.2) is 0 Å². The number of carbonyl (C=O) groups is 1. The molecule has 0 spiro atoms. The van der Waals surface area contributed by atoms with Crippen LogP contribution in [0.3, 0.4) is 0 Å². The van der Waals surface area contributed by atoms with Gasteiger partial charge in [0.2, 0.25) is 0 Å². The standard InChI is InChI=1S/C14H24O2/c1-4-11(2)7-8-14-13(6-5-9-15)12(3)10-16-14/h7-9,11-14H,4-6,10H2,1-3H3/b8-7+/t11-,12-,13-,14+/m0/s1. The molecule has 0 amide bonds. The topological polar surface area (TPSA) is 26.3 Å². The van der Waals surface area contributed by atoms with E-state index in [1.54, 1.807) is 0 Å². The highest BCUT2D eigenvalue weighted by Crippen LogP contribution is 2.31. The van der Waals surface area contributed by atoms with Crippen LogP contribution in [0, 0.1) is 17.8 Å². The fourth-order valence-electron chi connectivity index (χ4n) is 2.18. The van der Waals surface area contributed by atoms with Crippen molar-refractivity contribution in [3.05, 3.63) is 12.2 Å². The first kappa shape index (κ1) is 13.4. The molecule has 0 saturated carbocycles. The van der Waals surface area contributed by atoms with E-state index >= 15 is 0 Å². The first-order chi connectivity index (χ1) is 7.69. The number of carbonyl (C=O) groups excluding carboxylic acids is 1. The van der Waals surface area contributed by atoms with Crippen LogP contribution < -0.4 is 0 Å². The number of ether oxygens (including phenoxy) is 1. The van der Waals surface area contributed by atoms with Gasteiger partial charge in [0.25, 0.3) is 0 Å². The highest BCUT2D eigenvalue weighted by atomic mass is 16.5. The Morgan fingerprint density at radius 1 is 1.50 bits per heavy atom. The Bertz CT molecular complexity index is 235. The Hall–Kier alpha value is -0.630. The predicted molar refractivity (Wildman–Crippen MR) is 66.3 cm³/mol. The normalized spacial score (nSPS) is 32.1. The minimum absolute atomic E-state index is 0.226. The van der Waals surface area contributed by atoms with Crippen molar-refractivity contribution < 1.29 is 9.53 Å². The summed E-state index contributed by atoms with van der Waals surface area (Å²) in [4.78, 5) is 10.4. The van der Waals surface area contributed by atoms with Crippen molar-refractivity contribution in [2.45, 2.75) is 46.1 Å². The Kier molecular flexibility index (Phi) is 5.75. The fraction of sp³-hybridized carbons (Fsp3) is 0.786. The van der Waals surface area contributed by atoms with Crippen molar-refractivity contribution in [1.82, 2.24) is 0 Å². The molecule has 0 aliphatic carbocycles. The Balaban J connectivity index is 2.50. The average molecular weight is 224 g/mol. The maximum absolute atomic E-state index is 10.4. The second-order valence-electron chi connectivity index (χ2n) is 4.95. The fourth-order valence-corrected chi connectivity index (χ4v) is 2.18. The van der Waals surface area contributed by atoms with Crippen LogP contribution in [0.1, 0.15) is 40.0 Å². The van der Waals surface area contributed by atoms with Gasteiger partial charge in [-0.1, -0.05) is 39.3 Å². The van der Waals surface area contributed by atoms with Crippen molar-refractivity contribution in [3.8, 4) is 0 Å². The zero-order chi connectivity index (χ0) is 12.0. The smallest absolute Gasteiger partial charge is 0.120 e. The number of hydrogen-bond acceptors (Lipinski definition) is 2. The van der Waals surface area contributed by atoms with Gasteiger partial charge in [0.1, 0.15) is 6.29 Å². The highest BCUT2D eigenvalue weighted by molar-refractivity contribution is 5.49. The van der Waals surface area contributed by atoms with Crippen molar-refractivity contribution in [1.29, 1.82) is 0 Å². The third-order valence-corrected chi connectivity index (χ3v) is 3.60. The summed E-state index contributed by atoms with van der Waals surface area (Å²) < 4.78 is 5.77. The van der Waals surface area contributed by atoms with Crippen LogP contribution in [0.15, 0.2) is 12.2 Å². The summed E-state index contributed by atoms with van der Waals surface area (Å²) in [6.45, 7) is 7.46. The second-order valence-corrected chi connectivity index (χ2v) is 4.95. The number of hydrogen-bond donors (Lipinski definition) is 0. The SMILES string of the molecule is CC[C@H](C)/C=C/[C@H]1OC[C@H](C)[C@@H]1CCC=O. The molecular formula is C14H24O2. The lowest BCUT2D eigenvalue weighted by molar-refractivity contribution is -0.108. The quantitative estimate of drug-likeness (QED) is 0.511. The van der Waals surface area contributed by atoms with Crippen molar-refractivity contribution >= 4 is 6.29 Å². The number of rotatable bonds is 6.